The highest BCUT2D eigenvalue weighted by Crippen LogP contribution is 2.35. The summed E-state index contributed by atoms with van der Waals surface area (Å²) in [4.78, 5) is 53.2. The Morgan fingerprint density at radius 2 is 1.75 bits per heavy atom. The summed E-state index contributed by atoms with van der Waals surface area (Å²) in [5.41, 5.74) is 0.551. The zero-order valence-electron chi connectivity index (χ0n) is 28.5. The second-order valence-corrected chi connectivity index (χ2v) is 15.1. The van der Waals surface area contributed by atoms with Gasteiger partial charge in [-0.05, 0) is 71.6 Å². The number of nitrogens with zero attached hydrogens (tertiary/aromatic N) is 8. The highest BCUT2D eigenvalue weighted by Gasteiger charge is 2.33. The lowest BCUT2D eigenvalue weighted by molar-refractivity contribution is 0.0448. The van der Waals surface area contributed by atoms with Crippen molar-refractivity contribution >= 4 is 52.4 Å². The molecule has 6 rings (SSSR count). The molecule has 2 amide bonds. The Morgan fingerprint density at radius 3 is 2.38 bits per heavy atom. The van der Waals surface area contributed by atoms with Gasteiger partial charge >= 0.3 is 6.09 Å². The van der Waals surface area contributed by atoms with Crippen LogP contribution in [0.3, 0.4) is 0 Å². The first-order valence-corrected chi connectivity index (χ1v) is 17.3. The number of carbonyl (C=O) groups excluding carboxylic acids is 2. The van der Waals surface area contributed by atoms with Crippen LogP contribution in [0.5, 0.6) is 0 Å². The fourth-order valence-electron chi connectivity index (χ4n) is 6.17. The van der Waals surface area contributed by atoms with E-state index in [4.69, 9.17) is 9.72 Å². The largest absolute Gasteiger partial charge is 0.444 e. The maximum absolute atomic E-state index is 13.0. The summed E-state index contributed by atoms with van der Waals surface area (Å²) >= 11 is 1.48. The topological polar surface area (TPSA) is 143 Å². The molecule has 0 bridgehead atoms. The molecular formula is C34H44N10O3S. The van der Waals surface area contributed by atoms with Crippen LogP contribution in [-0.4, -0.2) is 84.7 Å². The van der Waals surface area contributed by atoms with Gasteiger partial charge in [0.25, 0.3) is 5.91 Å². The fourth-order valence-corrected chi connectivity index (χ4v) is 6.87. The number of anilines is 3. The molecule has 1 aliphatic carbocycles. The molecule has 254 valence electrons. The Balaban J connectivity index is 1.06. The van der Waals surface area contributed by atoms with Crippen LogP contribution in [0.2, 0.25) is 0 Å². The summed E-state index contributed by atoms with van der Waals surface area (Å²) in [6.45, 7) is 9.15. The van der Waals surface area contributed by atoms with Gasteiger partial charge in [0.05, 0.1) is 12.4 Å². The van der Waals surface area contributed by atoms with Crippen molar-refractivity contribution in [1.82, 2.24) is 39.7 Å². The van der Waals surface area contributed by atoms with Crippen molar-refractivity contribution in [3.63, 3.8) is 0 Å². The molecule has 4 aromatic heterocycles. The molecule has 0 aromatic carbocycles. The Bertz CT molecular complexity index is 1750. The molecule has 4 aromatic rings. The number of hydrogen-bond donors (Lipinski definition) is 2. The van der Waals surface area contributed by atoms with Crippen molar-refractivity contribution in [2.45, 2.75) is 93.3 Å². The van der Waals surface area contributed by atoms with E-state index < -0.39 is 5.60 Å². The molecule has 5 heterocycles. The predicted octanol–water partition coefficient (Wildman–Crippen LogP) is 6.21. The van der Waals surface area contributed by atoms with Crippen molar-refractivity contribution in [2.24, 2.45) is 0 Å². The van der Waals surface area contributed by atoms with Gasteiger partial charge in [0.15, 0.2) is 0 Å². The zero-order chi connectivity index (χ0) is 34.1. The number of rotatable bonds is 8. The standard InChI is InChI=1S/C34H44N10O3S/c1-33(2,3)47-32(46)41-34(4)13-15-43(16-14-34)27-20-37-28(21-36-27)48-24-11-12-26(35-19-24)39-31-38-18-22-17-25(30(45)42(5)6)44(29(22)40-31)23-9-7-8-10-23/h11-12,17-21,23H,7-10,13-16H2,1-6H3,(H,41,46)(H,35,38,39,40). The molecule has 1 saturated carbocycles. The summed E-state index contributed by atoms with van der Waals surface area (Å²) in [5.74, 6) is 1.82. The number of pyridine rings is 1. The third-order valence-electron chi connectivity index (χ3n) is 8.70. The molecule has 48 heavy (non-hydrogen) atoms. The molecule has 1 aliphatic heterocycles. The number of carbonyl (C=O) groups is 2. The first-order chi connectivity index (χ1) is 22.9. The summed E-state index contributed by atoms with van der Waals surface area (Å²) < 4.78 is 7.55. The van der Waals surface area contributed by atoms with Crippen LogP contribution in [-0.2, 0) is 4.74 Å². The van der Waals surface area contributed by atoms with Gasteiger partial charge < -0.3 is 29.7 Å². The third kappa shape index (κ3) is 7.80. The van der Waals surface area contributed by atoms with Crippen LogP contribution in [0, 0.1) is 0 Å². The van der Waals surface area contributed by atoms with E-state index in [2.05, 4.69) is 47.0 Å². The predicted molar refractivity (Wildman–Crippen MR) is 186 cm³/mol. The third-order valence-corrected chi connectivity index (χ3v) is 9.60. The van der Waals surface area contributed by atoms with E-state index in [-0.39, 0.29) is 23.6 Å². The van der Waals surface area contributed by atoms with Crippen molar-refractivity contribution in [2.75, 3.05) is 37.4 Å². The van der Waals surface area contributed by atoms with Crippen LogP contribution in [0.25, 0.3) is 11.0 Å². The van der Waals surface area contributed by atoms with Crippen molar-refractivity contribution in [3.8, 4) is 0 Å². The molecule has 0 spiro atoms. The minimum atomic E-state index is -0.529. The highest BCUT2D eigenvalue weighted by atomic mass is 32.2. The molecule has 2 fully saturated rings. The fraction of sp³-hybridized carbons (Fsp3) is 0.500. The van der Waals surface area contributed by atoms with E-state index in [1.54, 1.807) is 43.8 Å². The number of aromatic nitrogens is 6. The number of nitrogens with one attached hydrogen (secondary N) is 2. The number of hydrogen-bond acceptors (Lipinski definition) is 11. The second-order valence-electron chi connectivity index (χ2n) is 14.0. The average Bonchev–Trinajstić information content (AvgIpc) is 3.69. The van der Waals surface area contributed by atoms with Crippen LogP contribution in [0.15, 0.2) is 52.9 Å². The minimum absolute atomic E-state index is 0.0350. The first-order valence-electron chi connectivity index (χ1n) is 16.4. The molecule has 0 radical (unpaired) electrons. The SMILES string of the molecule is CN(C)C(=O)c1cc2cnc(Nc3ccc(Sc4cnc(N5CCC(C)(NC(=O)OC(C)(C)C)CC5)cn4)cn3)nc2n1C1CCCC1. The van der Waals surface area contributed by atoms with E-state index >= 15 is 0 Å². The number of piperidine rings is 1. The number of amides is 2. The van der Waals surface area contributed by atoms with E-state index in [9.17, 15) is 9.59 Å². The molecule has 0 unspecified atom stereocenters. The number of alkyl carbamates (subject to hydrolysis) is 1. The van der Waals surface area contributed by atoms with Crippen LogP contribution >= 0.6 is 11.8 Å². The smallest absolute Gasteiger partial charge is 0.408 e. The first kappa shape index (κ1) is 33.4. The quantitative estimate of drug-likeness (QED) is 0.220. The molecule has 13 nitrogen and oxygen atoms in total. The van der Waals surface area contributed by atoms with Crippen LogP contribution in [0.4, 0.5) is 22.4 Å². The monoisotopic (exact) mass is 672 g/mol. The van der Waals surface area contributed by atoms with Gasteiger partial charge in [0, 0.05) is 61.4 Å². The van der Waals surface area contributed by atoms with Crippen LogP contribution in [0.1, 0.15) is 82.8 Å². The molecule has 14 heteroatoms. The maximum atomic E-state index is 13.0. The van der Waals surface area contributed by atoms with E-state index in [1.807, 2.05) is 39.0 Å². The van der Waals surface area contributed by atoms with Crippen molar-refractivity contribution < 1.29 is 14.3 Å². The second kappa shape index (κ2) is 13.6. The summed E-state index contributed by atoms with van der Waals surface area (Å²) in [6, 6.07) is 5.99. The van der Waals surface area contributed by atoms with Gasteiger partial charge in [0.2, 0.25) is 5.95 Å². The Morgan fingerprint density at radius 1 is 1.00 bits per heavy atom. The van der Waals surface area contributed by atoms with Gasteiger partial charge in [0.1, 0.15) is 33.6 Å². The average molecular weight is 673 g/mol. The van der Waals surface area contributed by atoms with Crippen molar-refractivity contribution in [1.29, 1.82) is 0 Å². The van der Waals surface area contributed by atoms with Crippen LogP contribution < -0.4 is 15.5 Å². The zero-order valence-corrected chi connectivity index (χ0v) is 29.3. The van der Waals surface area contributed by atoms with Gasteiger partial charge in [-0.3, -0.25) is 4.79 Å². The lowest BCUT2D eigenvalue weighted by Crippen LogP contribution is -2.54. The van der Waals surface area contributed by atoms with Gasteiger partial charge in [-0.2, -0.15) is 4.98 Å². The Kier molecular flexibility index (Phi) is 9.46. The maximum Gasteiger partial charge on any atom is 0.408 e. The van der Waals surface area contributed by atoms with Gasteiger partial charge in [-0.15, -0.1) is 0 Å². The van der Waals surface area contributed by atoms with Gasteiger partial charge in [-0.1, -0.05) is 24.6 Å². The van der Waals surface area contributed by atoms with E-state index in [0.29, 0.717) is 17.5 Å². The number of fused-ring (bicyclic) bond motifs is 1. The summed E-state index contributed by atoms with van der Waals surface area (Å²) in [7, 11) is 3.54. The molecule has 1 saturated heterocycles. The summed E-state index contributed by atoms with van der Waals surface area (Å²) in [5, 5.41) is 7.88. The van der Waals surface area contributed by atoms with Gasteiger partial charge in [-0.25, -0.2) is 24.7 Å². The lowest BCUT2D eigenvalue weighted by Gasteiger charge is -2.40. The Hall–Kier alpha value is -4.46. The van der Waals surface area contributed by atoms with E-state index in [0.717, 1.165) is 78.4 Å². The summed E-state index contributed by atoms with van der Waals surface area (Å²) in [6.07, 6.45) is 12.6. The minimum Gasteiger partial charge on any atom is -0.444 e. The normalized spacial score (nSPS) is 16.6. The molecular weight excluding hydrogens is 629 g/mol. The molecule has 2 N–H and O–H groups in total. The highest BCUT2D eigenvalue weighted by molar-refractivity contribution is 7.99. The Labute approximate surface area is 285 Å². The molecule has 2 aliphatic rings. The van der Waals surface area contributed by atoms with E-state index in [1.165, 1.54) is 11.8 Å². The van der Waals surface area contributed by atoms with Crippen molar-refractivity contribution in [3.05, 3.63) is 48.7 Å². The lowest BCUT2D eigenvalue weighted by atomic mass is 9.90. The molecule has 0 atom stereocenters. The number of ether oxygens (including phenoxy) is 1.